The lowest BCUT2D eigenvalue weighted by Gasteiger charge is -2.13. The Hall–Kier alpha value is -7.60. The van der Waals surface area contributed by atoms with Crippen molar-refractivity contribution in [1.82, 2.24) is 4.57 Å². The summed E-state index contributed by atoms with van der Waals surface area (Å²) in [5.74, 6) is 0. The molecule has 0 aliphatic heterocycles. The van der Waals surface area contributed by atoms with Crippen molar-refractivity contribution in [3.8, 4) is 5.69 Å². The van der Waals surface area contributed by atoms with Gasteiger partial charge in [0.15, 0.2) is 0 Å². The van der Waals surface area contributed by atoms with Gasteiger partial charge in [-0.05, 0) is 125 Å². The van der Waals surface area contributed by atoms with Crippen LogP contribution in [0.3, 0.4) is 0 Å². The number of hydrogen-bond donors (Lipinski definition) is 0. The Morgan fingerprint density at radius 3 is 1.38 bits per heavy atom. The lowest BCUT2D eigenvalue weighted by molar-refractivity contribution is 1.14. The third-order valence-corrected chi connectivity index (χ3v) is 17.1. The minimum absolute atomic E-state index is 1.10. The van der Waals surface area contributed by atoms with Gasteiger partial charge >= 0.3 is 0 Å². The second kappa shape index (κ2) is 16.3. The molecule has 324 valence electrons. The van der Waals surface area contributed by atoms with Gasteiger partial charge in [0.05, 0.1) is 10.2 Å². The molecule has 0 atom stereocenters. The van der Waals surface area contributed by atoms with E-state index >= 15 is 0 Å². The molecule has 1 aliphatic rings. The van der Waals surface area contributed by atoms with E-state index in [1.165, 1.54) is 133 Å². The summed E-state index contributed by atoms with van der Waals surface area (Å²) in [5.41, 5.74) is 5.41. The van der Waals surface area contributed by atoms with Crippen molar-refractivity contribution < 1.29 is 0 Å². The van der Waals surface area contributed by atoms with Crippen LogP contribution < -0.4 is 0 Å². The molecule has 0 bridgehead atoms. The van der Waals surface area contributed by atoms with Crippen molar-refractivity contribution >= 4 is 161 Å². The van der Waals surface area contributed by atoms with Crippen molar-refractivity contribution in [1.29, 1.82) is 0 Å². The smallest absolute Gasteiger partial charge is 0.0707 e. The van der Waals surface area contributed by atoms with E-state index in [4.69, 9.17) is 0 Å². The summed E-state index contributed by atoms with van der Waals surface area (Å²) in [6.07, 6.45) is 7.81. The monoisotopic (exact) mass is 977 g/mol. The van der Waals surface area contributed by atoms with Crippen molar-refractivity contribution in [2.45, 2.75) is 6.42 Å². The first-order chi connectivity index (χ1) is 34.1. The zero-order chi connectivity index (χ0) is 45.6. The summed E-state index contributed by atoms with van der Waals surface area (Å²) in [7, 11) is 0. The van der Waals surface area contributed by atoms with Crippen molar-refractivity contribution in [2.75, 3.05) is 0 Å². The van der Waals surface area contributed by atoms with E-state index in [2.05, 4.69) is 251 Å². The lowest BCUT2D eigenvalue weighted by atomic mass is 9.94. The maximum atomic E-state index is 3.58. The van der Waals surface area contributed by atoms with Crippen LogP contribution in [0.1, 0.15) is 11.1 Å². The fourth-order valence-corrected chi connectivity index (χ4v) is 14.0. The van der Waals surface area contributed by atoms with Crippen molar-refractivity contribution in [2.24, 2.45) is 0 Å². The molecule has 0 saturated heterocycles. The second-order valence-electron chi connectivity index (χ2n) is 18.0. The minimum atomic E-state index is 1.10. The maximum Gasteiger partial charge on any atom is 0.0707 e. The third kappa shape index (κ3) is 6.55. The Kier molecular flexibility index (Phi) is 9.55. The van der Waals surface area contributed by atoms with Gasteiger partial charge in [0.2, 0.25) is 0 Å². The van der Waals surface area contributed by atoms with Crippen LogP contribution in [0.25, 0.3) is 128 Å². The number of rotatable bonds is 1. The van der Waals surface area contributed by atoms with Crippen LogP contribution in [0.5, 0.6) is 0 Å². The molecule has 4 heteroatoms. The van der Waals surface area contributed by atoms with Gasteiger partial charge < -0.3 is 4.57 Å². The molecule has 0 amide bonds. The number of thiophene rings is 2. The first-order valence-electron chi connectivity index (χ1n) is 23.5. The standard InChI is InChI=1S/C32H19NS.C18H11Br.C15H10S/c1-2-9-24-22(7-1)23-8-3-4-10-25(23)29-19-21(14-16-26(24)29)33-18-17-20-13-15-28-27-11-5-6-12-30(27)34-32(28)31(20)33;19-12-9-10-17-15-7-2-1-5-13(15)14-6-3-4-8-16(14)18(17)11-12;1-2-7-14-12(5-1)13-9-8-10-4-3-6-11(10)15(13)16-14/h1-19H;1-11H;1-5,7-9H,6H2. The second-order valence-corrected chi connectivity index (χ2v) is 21.0. The van der Waals surface area contributed by atoms with Gasteiger partial charge in [-0.1, -0.05) is 198 Å². The maximum absolute atomic E-state index is 3.58. The summed E-state index contributed by atoms with van der Waals surface area (Å²) in [4.78, 5) is 0. The van der Waals surface area contributed by atoms with Crippen molar-refractivity contribution in [3.63, 3.8) is 0 Å². The fourth-order valence-electron chi connectivity index (χ4n) is 11.1. The summed E-state index contributed by atoms with van der Waals surface area (Å²) < 4.78 is 9.07. The highest BCUT2D eigenvalue weighted by Gasteiger charge is 2.16. The minimum Gasteiger partial charge on any atom is -0.315 e. The van der Waals surface area contributed by atoms with Gasteiger partial charge in [0.25, 0.3) is 0 Å². The zero-order valence-electron chi connectivity index (χ0n) is 37.3. The van der Waals surface area contributed by atoms with Crippen LogP contribution in [0.4, 0.5) is 0 Å². The Labute approximate surface area is 414 Å². The number of nitrogens with zero attached hydrogens (tertiary/aromatic N) is 1. The molecule has 3 heterocycles. The van der Waals surface area contributed by atoms with Gasteiger partial charge in [-0.2, -0.15) is 0 Å². The number of fused-ring (bicyclic) bond motifs is 22. The Morgan fingerprint density at radius 1 is 0.362 bits per heavy atom. The van der Waals surface area contributed by atoms with E-state index < -0.39 is 0 Å². The molecule has 1 nitrogen and oxygen atoms in total. The molecule has 15 aromatic rings. The van der Waals surface area contributed by atoms with E-state index in [1.54, 1.807) is 0 Å². The highest BCUT2D eigenvalue weighted by Crippen LogP contribution is 2.43. The molecule has 0 fully saturated rings. The number of allylic oxidation sites excluding steroid dienone is 1. The SMILES string of the molecule is Brc1ccc2c3ccccc3c3ccccc3c2c1.C1=Cc2ccc3c(sc4ccccc43)c2C1.c1ccc2c(c1)sc1c2ccc2ccn(-c3ccc4c5ccccc5c5ccccc5c4c3)c21. The van der Waals surface area contributed by atoms with Crippen LogP contribution in [0.2, 0.25) is 0 Å². The average molecular weight is 979 g/mol. The number of hydrogen-bond acceptors (Lipinski definition) is 2. The molecule has 69 heavy (non-hydrogen) atoms. The number of aromatic nitrogens is 1. The first-order valence-corrected chi connectivity index (χ1v) is 25.9. The highest BCUT2D eigenvalue weighted by atomic mass is 79.9. The van der Waals surface area contributed by atoms with E-state index in [-0.39, 0.29) is 0 Å². The largest absolute Gasteiger partial charge is 0.315 e. The normalized spacial score (nSPS) is 12.3. The van der Waals surface area contributed by atoms with Gasteiger partial charge in [0.1, 0.15) is 0 Å². The van der Waals surface area contributed by atoms with Crippen molar-refractivity contribution in [3.05, 3.63) is 240 Å². The Bertz CT molecular complexity index is 4530. The molecule has 16 rings (SSSR count). The van der Waals surface area contributed by atoms with Crippen LogP contribution >= 0.6 is 38.6 Å². The van der Waals surface area contributed by atoms with Crippen LogP contribution in [0, 0.1) is 0 Å². The zero-order valence-corrected chi connectivity index (χ0v) is 40.5. The van der Waals surface area contributed by atoms with Crippen LogP contribution in [0.15, 0.2) is 229 Å². The molecular formula is C65H40BrNS2. The van der Waals surface area contributed by atoms with Gasteiger partial charge in [0, 0.05) is 57.4 Å². The third-order valence-electron chi connectivity index (χ3n) is 14.2. The predicted molar refractivity (Wildman–Crippen MR) is 307 cm³/mol. The predicted octanol–water partition coefficient (Wildman–Crippen LogP) is 20.0. The molecule has 0 saturated carbocycles. The fraction of sp³-hybridized carbons (Fsp3) is 0.0154. The first kappa shape index (κ1) is 40.5. The number of benzene rings is 12. The Morgan fingerprint density at radius 2 is 0.797 bits per heavy atom. The molecule has 0 N–H and O–H groups in total. The van der Waals surface area contributed by atoms with E-state index in [0.29, 0.717) is 0 Å². The average Bonchev–Trinajstić information content (AvgIpc) is 4.23. The van der Waals surface area contributed by atoms with Gasteiger partial charge in [-0.3, -0.25) is 0 Å². The van der Waals surface area contributed by atoms with Gasteiger partial charge in [-0.15, -0.1) is 22.7 Å². The molecule has 12 aromatic carbocycles. The Balaban J connectivity index is 0.000000108. The molecule has 0 spiro atoms. The highest BCUT2D eigenvalue weighted by molar-refractivity contribution is 9.10. The summed E-state index contributed by atoms with van der Waals surface area (Å²) in [6.45, 7) is 0. The topological polar surface area (TPSA) is 4.93 Å². The summed E-state index contributed by atoms with van der Waals surface area (Å²) in [6, 6.07) is 77.0. The molecule has 0 unspecified atom stereocenters. The summed E-state index contributed by atoms with van der Waals surface area (Å²) >= 11 is 7.40. The van der Waals surface area contributed by atoms with E-state index in [1.807, 2.05) is 22.7 Å². The van der Waals surface area contributed by atoms with Gasteiger partial charge in [-0.25, -0.2) is 0 Å². The number of halogens is 1. The molecule has 3 aromatic heterocycles. The van der Waals surface area contributed by atoms with Crippen LogP contribution in [-0.2, 0) is 6.42 Å². The molecular weight excluding hydrogens is 939 g/mol. The van der Waals surface area contributed by atoms with E-state index in [0.717, 1.165) is 10.9 Å². The van der Waals surface area contributed by atoms with E-state index in [9.17, 15) is 0 Å². The summed E-state index contributed by atoms with van der Waals surface area (Å²) in [5, 5.41) is 22.6. The lowest BCUT2D eigenvalue weighted by Crippen LogP contribution is -1.93. The van der Waals surface area contributed by atoms with Crippen LogP contribution in [-0.4, -0.2) is 4.57 Å². The molecule has 1 aliphatic carbocycles. The molecule has 0 radical (unpaired) electrons. The quantitative estimate of drug-likeness (QED) is 0.144.